The summed E-state index contributed by atoms with van der Waals surface area (Å²) < 4.78 is 6.39. The zero-order valence-electron chi connectivity index (χ0n) is 18.7. The predicted molar refractivity (Wildman–Crippen MR) is 138 cm³/mol. The summed E-state index contributed by atoms with van der Waals surface area (Å²) >= 11 is 18.7. The second-order valence-corrected chi connectivity index (χ2v) is 10.3. The molecular weight excluding hydrogens is 518 g/mol. The van der Waals surface area contributed by atoms with Gasteiger partial charge >= 0.3 is 0 Å². The average Bonchev–Trinajstić information content (AvgIpc) is 3.20. The largest absolute Gasteiger partial charge is 0.483 e. The van der Waals surface area contributed by atoms with Gasteiger partial charge in [0.05, 0.1) is 16.3 Å². The Balaban J connectivity index is 0.00000274. The fourth-order valence-electron chi connectivity index (χ4n) is 4.92. The van der Waals surface area contributed by atoms with Crippen molar-refractivity contribution in [3.8, 4) is 5.75 Å². The van der Waals surface area contributed by atoms with Gasteiger partial charge < -0.3 is 10.1 Å². The summed E-state index contributed by atoms with van der Waals surface area (Å²) in [6.07, 6.45) is 3.05. The molecule has 6 nitrogen and oxygen atoms in total. The van der Waals surface area contributed by atoms with Crippen molar-refractivity contribution in [1.82, 2.24) is 4.90 Å². The molecule has 1 N–H and O–H groups in total. The standard InChI is InChI=1S/C24H23Cl3N4O2.ClH/c1-23(2)21-20(16-12-14(25)7-9-19(16)33-23)29-30-24(21,31-10-4-3-5-11-31)22(32)28-18-8-6-15(26)13-17(18)27;/h6-9,12-13H,3-5,10-11H2,1-2H3,(H,28,32);1H. The maximum atomic E-state index is 14.1. The predicted octanol–water partition coefficient (Wildman–Crippen LogP) is 7.24. The van der Waals surface area contributed by atoms with E-state index in [0.29, 0.717) is 37.8 Å². The number of piperidine rings is 1. The molecule has 1 fully saturated rings. The molecule has 1 unspecified atom stereocenters. The molecule has 2 aromatic carbocycles. The number of hydrogen-bond donors (Lipinski definition) is 1. The van der Waals surface area contributed by atoms with Crippen LogP contribution in [0.3, 0.4) is 0 Å². The lowest BCUT2D eigenvalue weighted by molar-refractivity contribution is -0.127. The van der Waals surface area contributed by atoms with Gasteiger partial charge in [-0.25, -0.2) is 0 Å². The number of hydrogen-bond acceptors (Lipinski definition) is 5. The molecule has 0 radical (unpaired) electrons. The summed E-state index contributed by atoms with van der Waals surface area (Å²) in [6, 6.07) is 10.4. The number of fused-ring (bicyclic) bond motifs is 2. The Morgan fingerprint density at radius 2 is 1.71 bits per heavy atom. The van der Waals surface area contributed by atoms with Gasteiger partial charge in [0.25, 0.3) is 5.91 Å². The molecule has 5 rings (SSSR count). The highest BCUT2D eigenvalue weighted by Gasteiger charge is 2.59. The van der Waals surface area contributed by atoms with Crippen LogP contribution in [0.25, 0.3) is 5.70 Å². The van der Waals surface area contributed by atoms with E-state index in [0.717, 1.165) is 37.9 Å². The monoisotopic (exact) mass is 540 g/mol. The summed E-state index contributed by atoms with van der Waals surface area (Å²) in [4.78, 5) is 16.2. The highest BCUT2D eigenvalue weighted by atomic mass is 35.5. The van der Waals surface area contributed by atoms with E-state index in [1.165, 1.54) is 0 Å². The van der Waals surface area contributed by atoms with Crippen LogP contribution in [0, 0.1) is 0 Å². The molecule has 10 heteroatoms. The Kier molecular flexibility index (Phi) is 6.93. The maximum absolute atomic E-state index is 14.1. The first kappa shape index (κ1) is 25.3. The summed E-state index contributed by atoms with van der Waals surface area (Å²) in [7, 11) is 0. The fraction of sp³-hybridized carbons (Fsp3) is 0.375. The van der Waals surface area contributed by atoms with Crippen LogP contribution in [0.1, 0.15) is 38.7 Å². The minimum absolute atomic E-state index is 0. The van der Waals surface area contributed by atoms with Crippen molar-refractivity contribution in [2.75, 3.05) is 18.4 Å². The van der Waals surface area contributed by atoms with Gasteiger partial charge in [-0.15, -0.1) is 12.4 Å². The number of likely N-dealkylation sites (tertiary alicyclic amines) is 1. The molecule has 1 atom stereocenters. The van der Waals surface area contributed by atoms with Crippen molar-refractivity contribution >= 4 is 64.5 Å². The van der Waals surface area contributed by atoms with Crippen molar-refractivity contribution in [2.45, 2.75) is 44.4 Å². The molecule has 0 aromatic heterocycles. The summed E-state index contributed by atoms with van der Waals surface area (Å²) in [5, 5.41) is 13.6. The van der Waals surface area contributed by atoms with Crippen molar-refractivity contribution in [2.24, 2.45) is 10.2 Å². The number of azo groups is 1. The Bertz CT molecular complexity index is 1210. The maximum Gasteiger partial charge on any atom is 0.274 e. The minimum Gasteiger partial charge on any atom is -0.483 e. The third-order valence-corrected chi connectivity index (χ3v) is 7.14. The zero-order chi connectivity index (χ0) is 23.4. The number of carbonyl (C=O) groups is 1. The number of benzene rings is 2. The van der Waals surface area contributed by atoms with Crippen LogP contribution in [0.2, 0.25) is 15.1 Å². The third kappa shape index (κ3) is 4.10. The first-order valence-corrected chi connectivity index (χ1v) is 12.0. The molecule has 0 spiro atoms. The summed E-state index contributed by atoms with van der Waals surface area (Å²) in [5.41, 5.74) is 0.336. The normalized spacial score (nSPS) is 23.0. The molecule has 34 heavy (non-hydrogen) atoms. The van der Waals surface area contributed by atoms with E-state index >= 15 is 0 Å². The van der Waals surface area contributed by atoms with E-state index < -0.39 is 11.3 Å². The number of ether oxygens (including phenoxy) is 1. The zero-order valence-corrected chi connectivity index (χ0v) is 21.8. The molecule has 2 aromatic rings. The van der Waals surface area contributed by atoms with Crippen LogP contribution < -0.4 is 10.1 Å². The van der Waals surface area contributed by atoms with Crippen LogP contribution in [0.5, 0.6) is 5.75 Å². The van der Waals surface area contributed by atoms with Gasteiger partial charge in [-0.3, -0.25) is 9.69 Å². The quantitative estimate of drug-likeness (QED) is 0.445. The SMILES string of the molecule is CC1(C)Oc2ccc(Cl)cc2C2=C1C(C(=O)Nc1ccc(Cl)cc1Cl)(N1CCCCC1)N=N2.Cl. The molecule has 1 saturated heterocycles. The summed E-state index contributed by atoms with van der Waals surface area (Å²) in [5.74, 6) is 0.335. The first-order valence-electron chi connectivity index (χ1n) is 10.9. The number of amides is 1. The lowest BCUT2D eigenvalue weighted by Crippen LogP contribution is -2.61. The number of carbonyl (C=O) groups excluding carboxylic acids is 1. The third-order valence-electron chi connectivity index (χ3n) is 6.35. The Labute approximate surface area is 219 Å². The molecule has 3 heterocycles. The van der Waals surface area contributed by atoms with E-state index in [9.17, 15) is 4.79 Å². The van der Waals surface area contributed by atoms with Crippen molar-refractivity contribution < 1.29 is 9.53 Å². The van der Waals surface area contributed by atoms with Crippen LogP contribution in [0.15, 0.2) is 52.2 Å². The number of nitrogens with one attached hydrogen (secondary N) is 1. The van der Waals surface area contributed by atoms with Gasteiger partial charge in [0.1, 0.15) is 17.0 Å². The van der Waals surface area contributed by atoms with Crippen molar-refractivity contribution in [3.05, 3.63) is 62.6 Å². The van der Waals surface area contributed by atoms with E-state index in [2.05, 4.69) is 20.4 Å². The van der Waals surface area contributed by atoms with E-state index in [-0.39, 0.29) is 18.3 Å². The van der Waals surface area contributed by atoms with Crippen molar-refractivity contribution in [3.63, 3.8) is 0 Å². The van der Waals surface area contributed by atoms with Crippen LogP contribution in [-0.2, 0) is 4.79 Å². The highest BCUT2D eigenvalue weighted by Crippen LogP contribution is 2.53. The summed E-state index contributed by atoms with van der Waals surface area (Å²) in [6.45, 7) is 5.32. The van der Waals surface area contributed by atoms with Crippen LogP contribution in [0.4, 0.5) is 5.69 Å². The molecule has 3 aliphatic heterocycles. The Hall–Kier alpha value is -1.83. The van der Waals surface area contributed by atoms with Gasteiger partial charge in [0, 0.05) is 28.7 Å². The molecule has 0 saturated carbocycles. The minimum atomic E-state index is -1.36. The molecule has 180 valence electrons. The first-order chi connectivity index (χ1) is 15.7. The van der Waals surface area contributed by atoms with E-state index in [4.69, 9.17) is 39.5 Å². The molecule has 3 aliphatic rings. The topological polar surface area (TPSA) is 66.3 Å². The van der Waals surface area contributed by atoms with Gasteiger partial charge in [-0.05, 0) is 63.1 Å². The average molecular weight is 542 g/mol. The van der Waals surface area contributed by atoms with Crippen LogP contribution in [-0.4, -0.2) is 35.2 Å². The second-order valence-electron chi connectivity index (χ2n) is 8.97. The van der Waals surface area contributed by atoms with Gasteiger partial charge in [-0.2, -0.15) is 10.2 Å². The lowest BCUT2D eigenvalue weighted by atomic mass is 9.80. The van der Waals surface area contributed by atoms with Crippen LogP contribution >= 0.6 is 47.2 Å². The van der Waals surface area contributed by atoms with Gasteiger partial charge in [0.15, 0.2) is 0 Å². The van der Waals surface area contributed by atoms with Gasteiger partial charge in [0.2, 0.25) is 5.66 Å². The fourth-order valence-corrected chi connectivity index (χ4v) is 5.55. The highest BCUT2D eigenvalue weighted by molar-refractivity contribution is 6.36. The smallest absolute Gasteiger partial charge is 0.274 e. The number of rotatable bonds is 3. The Morgan fingerprint density at radius 3 is 2.41 bits per heavy atom. The van der Waals surface area contributed by atoms with E-state index in [1.54, 1.807) is 30.3 Å². The molecule has 1 amide bonds. The molecule has 0 bridgehead atoms. The molecule has 0 aliphatic carbocycles. The number of nitrogens with zero attached hydrogens (tertiary/aromatic N) is 3. The Morgan fingerprint density at radius 1 is 1.03 bits per heavy atom. The van der Waals surface area contributed by atoms with Crippen molar-refractivity contribution in [1.29, 1.82) is 0 Å². The molecular formula is C24H24Cl4N4O2. The lowest BCUT2D eigenvalue weighted by Gasteiger charge is -2.45. The van der Waals surface area contributed by atoms with E-state index in [1.807, 2.05) is 19.9 Å². The second kappa shape index (κ2) is 9.32. The number of anilines is 1. The van der Waals surface area contributed by atoms with Gasteiger partial charge in [-0.1, -0.05) is 41.2 Å². The number of halogens is 4.